The van der Waals surface area contributed by atoms with Gasteiger partial charge in [-0.3, -0.25) is 4.79 Å². The van der Waals surface area contributed by atoms with Crippen LogP contribution in [0.25, 0.3) is 0 Å². The zero-order valence-electron chi connectivity index (χ0n) is 15.0. The van der Waals surface area contributed by atoms with Gasteiger partial charge in [-0.1, -0.05) is 23.7 Å². The molecule has 2 amide bonds. The molecule has 10 heteroatoms. The van der Waals surface area contributed by atoms with Gasteiger partial charge in [0, 0.05) is 10.6 Å². The van der Waals surface area contributed by atoms with Gasteiger partial charge in [-0.2, -0.15) is 13.2 Å². The number of aliphatic hydroxyl groups is 1. The maximum Gasteiger partial charge on any atom is 0.437 e. The Balaban J connectivity index is 2.13. The summed E-state index contributed by atoms with van der Waals surface area (Å²) in [5, 5.41) is 14.6. The Morgan fingerprint density at radius 3 is 2.24 bits per heavy atom. The van der Waals surface area contributed by atoms with Gasteiger partial charge in [-0.15, -0.1) is 0 Å². The maximum atomic E-state index is 13.8. The molecule has 3 atom stereocenters. The number of hydrogen-bond donors (Lipinski definition) is 3. The van der Waals surface area contributed by atoms with Gasteiger partial charge >= 0.3 is 12.2 Å². The third-order valence-corrected chi connectivity index (χ3v) is 4.94. The lowest BCUT2D eigenvalue weighted by Gasteiger charge is -2.45. The van der Waals surface area contributed by atoms with Crippen LogP contribution in [0.5, 0.6) is 5.75 Å². The number of ketones is 1. The number of carbonyl (C=O) groups is 2. The molecule has 3 N–H and O–H groups in total. The highest BCUT2D eigenvalue weighted by molar-refractivity contribution is 6.30. The Kier molecular flexibility index (Phi) is 5.46. The van der Waals surface area contributed by atoms with Crippen LogP contribution in [0, 0.1) is 5.92 Å². The van der Waals surface area contributed by atoms with E-state index in [1.165, 1.54) is 61.0 Å². The normalized spacial score (nSPS) is 24.4. The van der Waals surface area contributed by atoms with Crippen LogP contribution in [0.15, 0.2) is 48.5 Å². The lowest BCUT2D eigenvalue weighted by Crippen LogP contribution is -2.72. The van der Waals surface area contributed by atoms with E-state index in [-0.39, 0.29) is 16.1 Å². The molecule has 0 saturated carbocycles. The number of ether oxygens (including phenoxy) is 1. The fourth-order valence-corrected chi connectivity index (χ4v) is 3.35. The summed E-state index contributed by atoms with van der Waals surface area (Å²) >= 11 is 5.78. The topological polar surface area (TPSA) is 87.7 Å². The summed E-state index contributed by atoms with van der Waals surface area (Å²) in [5.41, 5.74) is -3.69. The number of methoxy groups -OCH3 is 1. The lowest BCUT2D eigenvalue weighted by molar-refractivity contribution is -0.287. The van der Waals surface area contributed by atoms with E-state index >= 15 is 0 Å². The van der Waals surface area contributed by atoms with Gasteiger partial charge in [0.1, 0.15) is 11.7 Å². The van der Waals surface area contributed by atoms with Gasteiger partial charge in [0.15, 0.2) is 5.78 Å². The first-order chi connectivity index (χ1) is 13.6. The molecule has 2 aromatic carbocycles. The number of amides is 2. The summed E-state index contributed by atoms with van der Waals surface area (Å²) in [7, 11) is 1.41. The van der Waals surface area contributed by atoms with Crippen molar-refractivity contribution in [3.8, 4) is 5.75 Å². The summed E-state index contributed by atoms with van der Waals surface area (Å²) in [6.07, 6.45) is -5.32. The average Bonchev–Trinajstić information content (AvgIpc) is 2.67. The van der Waals surface area contributed by atoms with E-state index in [1.807, 2.05) is 0 Å². The number of Topliss-reactive ketones (excluding diaryl/α,β-unsaturated/α-hetero) is 1. The van der Waals surface area contributed by atoms with Crippen molar-refractivity contribution in [2.24, 2.45) is 5.92 Å². The molecule has 1 aliphatic rings. The molecule has 1 aliphatic heterocycles. The van der Waals surface area contributed by atoms with E-state index in [1.54, 1.807) is 0 Å². The second kappa shape index (κ2) is 7.57. The molecule has 0 unspecified atom stereocenters. The van der Waals surface area contributed by atoms with Crippen LogP contribution in [0.2, 0.25) is 5.02 Å². The Morgan fingerprint density at radius 2 is 1.72 bits per heavy atom. The van der Waals surface area contributed by atoms with Gasteiger partial charge in [0.05, 0.1) is 13.2 Å². The first-order valence-corrected chi connectivity index (χ1v) is 8.76. The van der Waals surface area contributed by atoms with Crippen molar-refractivity contribution in [2.45, 2.75) is 17.9 Å². The standard InChI is InChI=1S/C19H16ClF3N2O4/c1-29-13-8-4-10(5-9-13)15-14(16(26)11-2-6-12(20)7-3-11)18(28,19(21,22)23)25-17(27)24-15/h2-9,14-15,28H,1H3,(H2,24,25,27)/t14-,15-,18-/m0/s1. The van der Waals surface area contributed by atoms with Crippen molar-refractivity contribution in [3.05, 3.63) is 64.7 Å². The zero-order chi connectivity index (χ0) is 21.4. The molecule has 154 valence electrons. The molecule has 0 aromatic heterocycles. The van der Waals surface area contributed by atoms with Crippen molar-refractivity contribution in [2.75, 3.05) is 7.11 Å². The van der Waals surface area contributed by atoms with Crippen molar-refractivity contribution in [1.29, 1.82) is 0 Å². The monoisotopic (exact) mass is 428 g/mol. The SMILES string of the molecule is COc1ccc([C@@H]2NC(=O)N[C@@](O)(C(F)(F)F)[C@@H]2C(=O)c2ccc(Cl)cc2)cc1. The van der Waals surface area contributed by atoms with E-state index in [2.05, 4.69) is 5.32 Å². The molecule has 2 aromatic rings. The van der Waals surface area contributed by atoms with Crippen LogP contribution in [0.4, 0.5) is 18.0 Å². The molecule has 1 heterocycles. The van der Waals surface area contributed by atoms with Crippen LogP contribution in [0.1, 0.15) is 22.0 Å². The lowest BCUT2D eigenvalue weighted by atomic mass is 9.77. The van der Waals surface area contributed by atoms with Gasteiger partial charge in [-0.25, -0.2) is 4.79 Å². The van der Waals surface area contributed by atoms with Crippen LogP contribution in [0.3, 0.4) is 0 Å². The van der Waals surface area contributed by atoms with Crippen LogP contribution < -0.4 is 15.4 Å². The van der Waals surface area contributed by atoms with Gasteiger partial charge in [0.25, 0.3) is 0 Å². The fraction of sp³-hybridized carbons (Fsp3) is 0.263. The molecule has 0 bridgehead atoms. The molecule has 0 aliphatic carbocycles. The number of benzene rings is 2. The summed E-state index contributed by atoms with van der Waals surface area (Å²) in [4.78, 5) is 25.0. The number of rotatable bonds is 4. The van der Waals surface area contributed by atoms with E-state index in [9.17, 15) is 27.9 Å². The molecule has 0 spiro atoms. The Morgan fingerprint density at radius 1 is 1.14 bits per heavy atom. The van der Waals surface area contributed by atoms with E-state index in [4.69, 9.17) is 16.3 Å². The second-order valence-corrected chi connectivity index (χ2v) is 6.90. The smallest absolute Gasteiger partial charge is 0.437 e. The largest absolute Gasteiger partial charge is 0.497 e. The number of carbonyl (C=O) groups excluding carboxylic acids is 2. The second-order valence-electron chi connectivity index (χ2n) is 6.46. The number of alkyl halides is 3. The summed E-state index contributed by atoms with van der Waals surface area (Å²) < 4.78 is 46.5. The Labute approximate surface area is 168 Å². The minimum absolute atomic E-state index is 0.0986. The minimum atomic E-state index is -5.32. The van der Waals surface area contributed by atoms with Crippen molar-refractivity contribution in [3.63, 3.8) is 0 Å². The third-order valence-electron chi connectivity index (χ3n) is 4.69. The number of urea groups is 1. The molecule has 0 radical (unpaired) electrons. The quantitative estimate of drug-likeness (QED) is 0.651. The predicted octanol–water partition coefficient (Wildman–Crippen LogP) is 3.45. The highest BCUT2D eigenvalue weighted by Crippen LogP contribution is 2.44. The number of hydrogen-bond acceptors (Lipinski definition) is 4. The minimum Gasteiger partial charge on any atom is -0.497 e. The highest BCUT2D eigenvalue weighted by atomic mass is 35.5. The fourth-order valence-electron chi connectivity index (χ4n) is 3.22. The third kappa shape index (κ3) is 3.88. The van der Waals surface area contributed by atoms with Gasteiger partial charge in [-0.05, 0) is 42.0 Å². The first kappa shape index (κ1) is 20.9. The first-order valence-electron chi connectivity index (χ1n) is 8.38. The van der Waals surface area contributed by atoms with Crippen LogP contribution in [-0.2, 0) is 0 Å². The molecular formula is C19H16ClF3N2O4. The van der Waals surface area contributed by atoms with Crippen molar-refractivity contribution >= 4 is 23.4 Å². The molecule has 3 rings (SSSR count). The van der Waals surface area contributed by atoms with Gasteiger partial charge in [0.2, 0.25) is 5.72 Å². The zero-order valence-corrected chi connectivity index (χ0v) is 15.7. The summed E-state index contributed by atoms with van der Waals surface area (Å²) in [5.74, 6) is -2.69. The summed E-state index contributed by atoms with van der Waals surface area (Å²) in [6, 6.07) is 8.25. The van der Waals surface area contributed by atoms with Crippen molar-refractivity contribution in [1.82, 2.24) is 10.6 Å². The maximum absolute atomic E-state index is 13.8. The van der Waals surface area contributed by atoms with E-state index < -0.39 is 35.7 Å². The van der Waals surface area contributed by atoms with E-state index in [0.29, 0.717) is 5.75 Å². The summed E-state index contributed by atoms with van der Waals surface area (Å²) in [6.45, 7) is 0. The van der Waals surface area contributed by atoms with Crippen LogP contribution in [-0.4, -0.2) is 35.9 Å². The molecule has 6 nitrogen and oxygen atoms in total. The highest BCUT2D eigenvalue weighted by Gasteiger charge is 2.66. The average molecular weight is 429 g/mol. The van der Waals surface area contributed by atoms with E-state index in [0.717, 1.165) is 0 Å². The number of nitrogens with one attached hydrogen (secondary N) is 2. The number of halogens is 4. The Hall–Kier alpha value is -2.78. The molecule has 29 heavy (non-hydrogen) atoms. The van der Waals surface area contributed by atoms with Crippen LogP contribution >= 0.6 is 11.6 Å². The Bertz CT molecular complexity index is 919. The van der Waals surface area contributed by atoms with Gasteiger partial charge < -0.3 is 20.5 Å². The molecule has 1 fully saturated rings. The molecular weight excluding hydrogens is 413 g/mol. The predicted molar refractivity (Wildman–Crippen MR) is 97.7 cm³/mol. The van der Waals surface area contributed by atoms with Crippen molar-refractivity contribution < 1.29 is 32.6 Å². The molecule has 1 saturated heterocycles.